The van der Waals surface area contributed by atoms with Crippen molar-refractivity contribution in [3.05, 3.63) is 35.9 Å². The first-order valence-electron chi connectivity index (χ1n) is 2.53. The van der Waals surface area contributed by atoms with Gasteiger partial charge in [0.25, 0.3) is 0 Å². The number of alkyl halides is 1. The summed E-state index contributed by atoms with van der Waals surface area (Å²) in [6.07, 6.45) is 0. The van der Waals surface area contributed by atoms with Crippen LogP contribution in [0.1, 0.15) is 5.56 Å². The van der Waals surface area contributed by atoms with Crippen molar-refractivity contribution in [2.75, 3.05) is 0 Å². The summed E-state index contributed by atoms with van der Waals surface area (Å²) in [5.41, 5.74) is 1.33. The fourth-order valence-electron chi connectivity index (χ4n) is 0.567. The predicted octanol–water partition coefficient (Wildman–Crippen LogP) is 2.10. The highest BCUT2D eigenvalue weighted by molar-refractivity contribution is 9.08. The van der Waals surface area contributed by atoms with E-state index in [1.165, 1.54) is 5.56 Å². The summed E-state index contributed by atoms with van der Waals surface area (Å²) in [5.74, 6) is 0. The van der Waals surface area contributed by atoms with E-state index in [1.807, 2.05) is 18.2 Å². The second-order valence-corrected chi connectivity index (χ2v) is 2.18. The summed E-state index contributed by atoms with van der Waals surface area (Å²) in [6, 6.07) is 10.3. The van der Waals surface area contributed by atoms with Gasteiger partial charge in [-0.3, -0.25) is 0 Å². The SMILES string of the molecule is BrCc1ccccc1.[N]. The minimum absolute atomic E-state index is 0. The van der Waals surface area contributed by atoms with Crippen molar-refractivity contribution in [1.82, 2.24) is 6.15 Å². The van der Waals surface area contributed by atoms with Gasteiger partial charge >= 0.3 is 0 Å². The molecule has 0 N–H and O–H groups in total. The lowest BCUT2D eigenvalue weighted by Crippen LogP contribution is -1.70. The van der Waals surface area contributed by atoms with Gasteiger partial charge in [0.05, 0.1) is 0 Å². The van der Waals surface area contributed by atoms with Crippen molar-refractivity contribution in [3.63, 3.8) is 0 Å². The molecule has 1 aromatic rings. The van der Waals surface area contributed by atoms with E-state index >= 15 is 0 Å². The van der Waals surface area contributed by atoms with Crippen LogP contribution in [0.25, 0.3) is 0 Å². The number of hydrogen-bond donors (Lipinski definition) is 0. The van der Waals surface area contributed by atoms with Gasteiger partial charge < -0.3 is 0 Å². The van der Waals surface area contributed by atoms with Crippen LogP contribution in [0.5, 0.6) is 0 Å². The Morgan fingerprint density at radius 2 is 1.67 bits per heavy atom. The molecule has 0 heterocycles. The van der Waals surface area contributed by atoms with Crippen LogP contribution in [0, 0.1) is 0 Å². The lowest BCUT2D eigenvalue weighted by Gasteiger charge is -1.88. The monoisotopic (exact) mass is 184 g/mol. The second kappa shape index (κ2) is 4.53. The van der Waals surface area contributed by atoms with E-state index in [9.17, 15) is 0 Å². The Balaban J connectivity index is 0.000000640. The lowest BCUT2D eigenvalue weighted by atomic mass is 10.2. The summed E-state index contributed by atoms with van der Waals surface area (Å²) < 4.78 is 0. The highest BCUT2D eigenvalue weighted by Gasteiger charge is 1.81. The number of hydrogen-bond acceptors (Lipinski definition) is 0. The van der Waals surface area contributed by atoms with E-state index < -0.39 is 0 Å². The average Bonchev–Trinajstić information content (AvgIpc) is 1.90. The average molecular weight is 185 g/mol. The van der Waals surface area contributed by atoms with Gasteiger partial charge in [0.15, 0.2) is 0 Å². The Kier molecular flexibility index (Phi) is 4.36. The Morgan fingerprint density at radius 1 is 1.11 bits per heavy atom. The topological polar surface area (TPSA) is 30.5 Å². The summed E-state index contributed by atoms with van der Waals surface area (Å²) in [6.45, 7) is 0. The highest BCUT2D eigenvalue weighted by atomic mass is 79.9. The second-order valence-electron chi connectivity index (χ2n) is 1.62. The van der Waals surface area contributed by atoms with Gasteiger partial charge in [-0.05, 0) is 5.56 Å². The molecule has 0 bridgehead atoms. The molecule has 3 radical (unpaired) electrons. The maximum absolute atomic E-state index is 3.36. The van der Waals surface area contributed by atoms with Crippen LogP contribution in [0.15, 0.2) is 30.3 Å². The molecule has 0 aliphatic carbocycles. The molecule has 0 aliphatic heterocycles. The Morgan fingerprint density at radius 3 is 2.00 bits per heavy atom. The number of nitrogens with zero attached hydrogens (tertiary/aromatic N) is 1. The number of halogens is 1. The first-order chi connectivity index (χ1) is 3.93. The third kappa shape index (κ3) is 2.63. The molecule has 0 unspecified atom stereocenters. The maximum Gasteiger partial charge on any atom is 0.0283 e. The Bertz CT molecular complexity index is 150. The maximum atomic E-state index is 3.36. The van der Waals surface area contributed by atoms with E-state index in [2.05, 4.69) is 28.1 Å². The Labute approximate surface area is 63.8 Å². The molecule has 0 saturated carbocycles. The molecule has 0 fully saturated rings. The van der Waals surface area contributed by atoms with Gasteiger partial charge in [-0.25, -0.2) is 0 Å². The standard InChI is InChI=1S/C7H7Br.N/c8-6-7-4-2-1-3-5-7;/h1-5H,6H2;. The molecule has 0 aromatic heterocycles. The molecule has 1 aromatic carbocycles. The van der Waals surface area contributed by atoms with Crippen molar-refractivity contribution in [2.24, 2.45) is 0 Å². The molecule has 0 saturated heterocycles. The van der Waals surface area contributed by atoms with Gasteiger partial charge in [-0.15, -0.1) is 0 Å². The third-order valence-corrected chi connectivity index (χ3v) is 1.64. The summed E-state index contributed by atoms with van der Waals surface area (Å²) in [7, 11) is 0. The van der Waals surface area contributed by atoms with Crippen LogP contribution in [0.3, 0.4) is 0 Å². The third-order valence-electron chi connectivity index (χ3n) is 0.997. The van der Waals surface area contributed by atoms with E-state index in [0.717, 1.165) is 5.33 Å². The molecular formula is C7H7BrN. The van der Waals surface area contributed by atoms with E-state index in [4.69, 9.17) is 0 Å². The smallest absolute Gasteiger partial charge is 0.0283 e. The Hall–Kier alpha value is -0.340. The zero-order chi connectivity index (χ0) is 5.82. The quantitative estimate of drug-likeness (QED) is 0.600. The van der Waals surface area contributed by atoms with Crippen molar-refractivity contribution in [2.45, 2.75) is 5.33 Å². The number of rotatable bonds is 1. The van der Waals surface area contributed by atoms with Crippen LogP contribution < -0.4 is 6.15 Å². The van der Waals surface area contributed by atoms with Crippen LogP contribution in [0.4, 0.5) is 0 Å². The van der Waals surface area contributed by atoms with Crippen LogP contribution in [-0.2, 0) is 5.33 Å². The number of benzene rings is 1. The molecule has 1 nitrogen and oxygen atoms in total. The molecule has 0 amide bonds. The zero-order valence-electron chi connectivity index (χ0n) is 4.92. The predicted molar refractivity (Wildman–Crippen MR) is 41.2 cm³/mol. The van der Waals surface area contributed by atoms with Gasteiger partial charge in [0, 0.05) is 11.5 Å². The van der Waals surface area contributed by atoms with Crippen LogP contribution >= 0.6 is 15.9 Å². The van der Waals surface area contributed by atoms with Crippen molar-refractivity contribution in [1.29, 1.82) is 0 Å². The van der Waals surface area contributed by atoms with E-state index in [0.29, 0.717) is 0 Å². The summed E-state index contributed by atoms with van der Waals surface area (Å²) in [4.78, 5) is 0. The van der Waals surface area contributed by atoms with E-state index in [1.54, 1.807) is 0 Å². The van der Waals surface area contributed by atoms with E-state index in [-0.39, 0.29) is 6.15 Å². The van der Waals surface area contributed by atoms with Crippen molar-refractivity contribution < 1.29 is 0 Å². The molecule has 1 rings (SSSR count). The highest BCUT2D eigenvalue weighted by Crippen LogP contribution is 2.02. The molecule has 0 spiro atoms. The molecule has 0 aliphatic rings. The summed E-state index contributed by atoms with van der Waals surface area (Å²) in [5, 5.41) is 0.952. The summed E-state index contributed by atoms with van der Waals surface area (Å²) >= 11 is 3.36. The van der Waals surface area contributed by atoms with Crippen molar-refractivity contribution in [3.8, 4) is 0 Å². The van der Waals surface area contributed by atoms with Crippen LogP contribution in [-0.4, -0.2) is 0 Å². The molecule has 0 atom stereocenters. The molecular weight excluding hydrogens is 178 g/mol. The first-order valence-corrected chi connectivity index (χ1v) is 3.65. The van der Waals surface area contributed by atoms with Gasteiger partial charge in [0.2, 0.25) is 0 Å². The molecule has 2 heteroatoms. The largest absolute Gasteiger partial charge is 0.0876 e. The van der Waals surface area contributed by atoms with Crippen LogP contribution in [0.2, 0.25) is 0 Å². The zero-order valence-corrected chi connectivity index (χ0v) is 6.51. The minimum Gasteiger partial charge on any atom is -0.0876 e. The molecule has 47 valence electrons. The first kappa shape index (κ1) is 8.66. The van der Waals surface area contributed by atoms with Gasteiger partial charge in [0.1, 0.15) is 0 Å². The normalized spacial score (nSPS) is 8.11. The van der Waals surface area contributed by atoms with Gasteiger partial charge in [-0.1, -0.05) is 46.3 Å². The van der Waals surface area contributed by atoms with Gasteiger partial charge in [-0.2, -0.15) is 0 Å². The fraction of sp³-hybridized carbons (Fsp3) is 0.143. The lowest BCUT2D eigenvalue weighted by molar-refractivity contribution is 1.44. The fourth-order valence-corrected chi connectivity index (χ4v) is 0.941. The van der Waals surface area contributed by atoms with Crippen molar-refractivity contribution >= 4 is 15.9 Å². The molecule has 9 heavy (non-hydrogen) atoms. The minimum atomic E-state index is 0.